The summed E-state index contributed by atoms with van der Waals surface area (Å²) in [5.41, 5.74) is 5.41. The van der Waals surface area contributed by atoms with Crippen molar-refractivity contribution in [3.8, 4) is 0 Å². The van der Waals surface area contributed by atoms with Gasteiger partial charge in [0.05, 0.1) is 4.88 Å². The zero-order chi connectivity index (χ0) is 10.8. The number of fused-ring (bicyclic) bond motifs is 1. The molecule has 0 fully saturated rings. The summed E-state index contributed by atoms with van der Waals surface area (Å²) in [6.45, 7) is 1.10. The highest BCUT2D eigenvalue weighted by atomic mass is 32.1. The first-order valence-electron chi connectivity index (χ1n) is 4.65. The summed E-state index contributed by atoms with van der Waals surface area (Å²) < 4.78 is 2.37. The third-order valence-electron chi connectivity index (χ3n) is 2.16. The zero-order valence-electron chi connectivity index (χ0n) is 8.40. The highest BCUT2D eigenvalue weighted by Gasteiger charge is 2.14. The number of rotatable bonds is 3. The molecule has 0 bridgehead atoms. The van der Waals surface area contributed by atoms with E-state index >= 15 is 0 Å². The summed E-state index contributed by atoms with van der Waals surface area (Å²) in [7, 11) is 1.78. The number of thiophene rings is 2. The van der Waals surface area contributed by atoms with Crippen molar-refractivity contribution in [3.63, 3.8) is 0 Å². The minimum atomic E-state index is 0.0638. The summed E-state index contributed by atoms with van der Waals surface area (Å²) in [5, 5.41) is 2.04. The van der Waals surface area contributed by atoms with Gasteiger partial charge in [0, 0.05) is 29.5 Å². The first-order valence-corrected chi connectivity index (χ1v) is 6.34. The Hall–Kier alpha value is -0.910. The third-order valence-corrected chi connectivity index (χ3v) is 4.24. The van der Waals surface area contributed by atoms with Crippen LogP contribution in [0.4, 0.5) is 0 Å². The summed E-state index contributed by atoms with van der Waals surface area (Å²) in [5.74, 6) is 0.0638. The molecule has 1 amide bonds. The largest absolute Gasteiger partial charge is 0.340 e. The van der Waals surface area contributed by atoms with Crippen LogP contribution in [0.1, 0.15) is 9.67 Å². The third kappa shape index (κ3) is 2.04. The SMILES string of the molecule is CN(CCN)C(=O)c1cc2sccc2s1. The van der Waals surface area contributed by atoms with E-state index in [1.165, 1.54) is 9.40 Å². The lowest BCUT2D eigenvalue weighted by Crippen LogP contribution is -2.31. The molecule has 0 saturated heterocycles. The number of nitrogens with zero attached hydrogens (tertiary/aromatic N) is 1. The number of nitrogens with two attached hydrogens (primary N) is 1. The Balaban J connectivity index is 2.23. The van der Waals surface area contributed by atoms with E-state index in [1.54, 1.807) is 34.6 Å². The molecule has 0 saturated carbocycles. The molecule has 0 radical (unpaired) electrons. The fourth-order valence-corrected chi connectivity index (χ4v) is 3.46. The van der Waals surface area contributed by atoms with Crippen LogP contribution in [-0.2, 0) is 0 Å². The molecule has 0 aliphatic heterocycles. The molecule has 15 heavy (non-hydrogen) atoms. The topological polar surface area (TPSA) is 46.3 Å². The number of carbonyl (C=O) groups excluding carboxylic acids is 1. The molecule has 0 atom stereocenters. The van der Waals surface area contributed by atoms with Crippen LogP contribution in [0.15, 0.2) is 17.5 Å². The number of hydrogen-bond donors (Lipinski definition) is 1. The van der Waals surface area contributed by atoms with Gasteiger partial charge in [0.15, 0.2) is 0 Å². The van der Waals surface area contributed by atoms with Gasteiger partial charge in [0.1, 0.15) is 0 Å². The second-order valence-electron chi connectivity index (χ2n) is 3.28. The van der Waals surface area contributed by atoms with Crippen molar-refractivity contribution in [2.24, 2.45) is 5.73 Å². The quantitative estimate of drug-likeness (QED) is 0.892. The van der Waals surface area contributed by atoms with Gasteiger partial charge in [-0.05, 0) is 17.5 Å². The van der Waals surface area contributed by atoms with Crippen molar-refractivity contribution in [3.05, 3.63) is 22.4 Å². The Bertz CT molecular complexity index is 446. The van der Waals surface area contributed by atoms with Crippen molar-refractivity contribution >= 4 is 38.0 Å². The first kappa shape index (κ1) is 10.6. The van der Waals surface area contributed by atoms with Gasteiger partial charge < -0.3 is 10.6 Å². The Morgan fingerprint density at radius 3 is 3.00 bits per heavy atom. The molecule has 80 valence electrons. The average Bonchev–Trinajstić information content (AvgIpc) is 2.75. The molecule has 0 aliphatic carbocycles. The Kier molecular flexibility index (Phi) is 3.04. The van der Waals surface area contributed by atoms with Crippen LogP contribution >= 0.6 is 22.7 Å². The van der Waals surface area contributed by atoms with Gasteiger partial charge in [-0.3, -0.25) is 4.79 Å². The average molecular weight is 240 g/mol. The lowest BCUT2D eigenvalue weighted by Gasteiger charge is -2.14. The number of likely N-dealkylation sites (N-methyl/N-ethyl adjacent to an activating group) is 1. The molecule has 5 heteroatoms. The highest BCUT2D eigenvalue weighted by molar-refractivity contribution is 7.27. The first-order chi connectivity index (χ1) is 7.22. The van der Waals surface area contributed by atoms with E-state index in [0.717, 1.165) is 4.88 Å². The van der Waals surface area contributed by atoms with Gasteiger partial charge in [0.2, 0.25) is 0 Å². The molecule has 0 aromatic carbocycles. The van der Waals surface area contributed by atoms with E-state index in [9.17, 15) is 4.79 Å². The second kappa shape index (κ2) is 4.30. The van der Waals surface area contributed by atoms with Crippen LogP contribution < -0.4 is 5.73 Å². The zero-order valence-corrected chi connectivity index (χ0v) is 10.0. The number of hydrogen-bond acceptors (Lipinski definition) is 4. The van der Waals surface area contributed by atoms with Gasteiger partial charge >= 0.3 is 0 Å². The van der Waals surface area contributed by atoms with E-state index < -0.39 is 0 Å². The van der Waals surface area contributed by atoms with Gasteiger partial charge in [-0.15, -0.1) is 22.7 Å². The van der Waals surface area contributed by atoms with Crippen molar-refractivity contribution in [1.29, 1.82) is 0 Å². The standard InChI is InChI=1S/C10H12N2OS2/c1-12(4-3-11)10(13)9-6-8-7(15-9)2-5-14-8/h2,5-6H,3-4,11H2,1H3. The smallest absolute Gasteiger partial charge is 0.263 e. The van der Waals surface area contributed by atoms with Crippen LogP contribution in [0.5, 0.6) is 0 Å². The maximum Gasteiger partial charge on any atom is 0.263 e. The monoisotopic (exact) mass is 240 g/mol. The van der Waals surface area contributed by atoms with E-state index in [2.05, 4.69) is 0 Å². The summed E-state index contributed by atoms with van der Waals surface area (Å²) >= 11 is 3.21. The predicted molar refractivity (Wildman–Crippen MR) is 65.7 cm³/mol. The van der Waals surface area contributed by atoms with Gasteiger partial charge in [-0.1, -0.05) is 0 Å². The predicted octanol–water partition coefficient (Wildman–Crippen LogP) is 1.99. The lowest BCUT2D eigenvalue weighted by molar-refractivity contribution is 0.0804. The molecule has 2 aromatic heterocycles. The van der Waals surface area contributed by atoms with Gasteiger partial charge in [-0.2, -0.15) is 0 Å². The van der Waals surface area contributed by atoms with Crippen LogP contribution in [0.25, 0.3) is 9.40 Å². The summed E-state index contributed by atoms with van der Waals surface area (Å²) in [6, 6.07) is 4.00. The minimum absolute atomic E-state index is 0.0638. The van der Waals surface area contributed by atoms with Gasteiger partial charge in [-0.25, -0.2) is 0 Å². The molecule has 2 N–H and O–H groups in total. The second-order valence-corrected chi connectivity index (χ2v) is 5.31. The van der Waals surface area contributed by atoms with Crippen LogP contribution in [0.3, 0.4) is 0 Å². The van der Waals surface area contributed by atoms with Crippen LogP contribution in [0, 0.1) is 0 Å². The number of carbonyl (C=O) groups is 1. The summed E-state index contributed by atoms with van der Waals surface area (Å²) in [6.07, 6.45) is 0. The highest BCUT2D eigenvalue weighted by Crippen LogP contribution is 2.30. The van der Waals surface area contributed by atoms with E-state index in [0.29, 0.717) is 13.1 Å². The van der Waals surface area contributed by atoms with Crippen LogP contribution in [-0.4, -0.2) is 30.9 Å². The molecule has 0 unspecified atom stereocenters. The lowest BCUT2D eigenvalue weighted by atomic mass is 10.4. The van der Waals surface area contributed by atoms with Crippen molar-refractivity contribution in [2.45, 2.75) is 0 Å². The molecule has 2 rings (SSSR count). The van der Waals surface area contributed by atoms with E-state index in [-0.39, 0.29) is 5.91 Å². The molecular formula is C10H12N2OS2. The molecule has 3 nitrogen and oxygen atoms in total. The maximum absolute atomic E-state index is 11.9. The maximum atomic E-state index is 11.9. The molecule has 2 aromatic rings. The molecule has 0 spiro atoms. The van der Waals surface area contributed by atoms with Crippen LogP contribution in [0.2, 0.25) is 0 Å². The van der Waals surface area contributed by atoms with E-state index in [1.807, 2.05) is 17.5 Å². The minimum Gasteiger partial charge on any atom is -0.340 e. The summed E-state index contributed by atoms with van der Waals surface area (Å²) in [4.78, 5) is 14.3. The normalized spacial score (nSPS) is 10.8. The molecular weight excluding hydrogens is 228 g/mol. The van der Waals surface area contributed by atoms with E-state index in [4.69, 9.17) is 5.73 Å². The molecule has 2 heterocycles. The Labute approximate surface area is 96.1 Å². The molecule has 0 aliphatic rings. The number of amides is 1. The fourth-order valence-electron chi connectivity index (χ4n) is 1.35. The van der Waals surface area contributed by atoms with Crippen molar-refractivity contribution in [1.82, 2.24) is 4.90 Å². The van der Waals surface area contributed by atoms with Crippen molar-refractivity contribution < 1.29 is 4.79 Å². The fraction of sp³-hybridized carbons (Fsp3) is 0.300. The Morgan fingerprint density at radius 2 is 2.33 bits per heavy atom. The van der Waals surface area contributed by atoms with Gasteiger partial charge in [0.25, 0.3) is 5.91 Å². The van der Waals surface area contributed by atoms with Crippen molar-refractivity contribution in [2.75, 3.05) is 20.1 Å². The Morgan fingerprint density at radius 1 is 1.53 bits per heavy atom.